The molecule has 3 aromatic rings. The van der Waals surface area contributed by atoms with Crippen LogP contribution in [0.5, 0.6) is 0 Å². The minimum atomic E-state index is 0.104. The van der Waals surface area contributed by atoms with Crippen molar-refractivity contribution >= 4 is 34.7 Å². The lowest BCUT2D eigenvalue weighted by Crippen LogP contribution is -2.49. The highest BCUT2D eigenvalue weighted by molar-refractivity contribution is 7.08. The molecule has 0 unspecified atom stereocenters. The van der Waals surface area contributed by atoms with Crippen LogP contribution in [0, 0.1) is 13.8 Å². The fourth-order valence-corrected chi connectivity index (χ4v) is 3.85. The lowest BCUT2D eigenvalue weighted by atomic mass is 10.2. The Morgan fingerprint density at radius 3 is 2.61 bits per heavy atom. The van der Waals surface area contributed by atoms with Crippen LogP contribution in [0.1, 0.15) is 21.7 Å². The van der Waals surface area contributed by atoms with E-state index in [9.17, 15) is 4.79 Å². The standard InChI is InChI=1S/C20H22N6OS/c1-14-3-5-21-17(11-14)24-18-12-19(23-15(2)22-18)25-6-8-26(9-7-25)20(27)16-4-10-28-13-16/h3-5,10-13H,6-9H2,1-2H3,(H,21,22,23,24). The van der Waals surface area contributed by atoms with Crippen LogP contribution in [0.15, 0.2) is 41.2 Å². The van der Waals surface area contributed by atoms with Gasteiger partial charge in [0.2, 0.25) is 0 Å². The number of hydrogen-bond acceptors (Lipinski definition) is 7. The number of rotatable bonds is 4. The molecule has 1 fully saturated rings. The molecule has 1 saturated heterocycles. The van der Waals surface area contributed by atoms with Crippen molar-refractivity contribution in [2.45, 2.75) is 13.8 Å². The van der Waals surface area contributed by atoms with Gasteiger partial charge in [0.05, 0.1) is 5.56 Å². The fourth-order valence-electron chi connectivity index (χ4n) is 3.22. The maximum absolute atomic E-state index is 12.5. The molecule has 3 aromatic heterocycles. The minimum Gasteiger partial charge on any atom is -0.353 e. The Balaban J connectivity index is 1.45. The molecular weight excluding hydrogens is 372 g/mol. The van der Waals surface area contributed by atoms with Gasteiger partial charge in [0.15, 0.2) is 0 Å². The SMILES string of the molecule is Cc1ccnc(Nc2cc(N3CCN(C(=O)c4ccsc4)CC3)nc(C)n2)c1. The number of hydrogen-bond donors (Lipinski definition) is 1. The number of anilines is 3. The van der Waals surface area contributed by atoms with E-state index in [0.29, 0.717) is 18.9 Å². The summed E-state index contributed by atoms with van der Waals surface area (Å²) in [6.07, 6.45) is 1.77. The second kappa shape index (κ2) is 7.93. The lowest BCUT2D eigenvalue weighted by molar-refractivity contribution is 0.0747. The van der Waals surface area contributed by atoms with E-state index in [2.05, 4.69) is 25.2 Å². The van der Waals surface area contributed by atoms with Gasteiger partial charge in [0.1, 0.15) is 23.3 Å². The molecule has 1 amide bonds. The number of amides is 1. The Morgan fingerprint density at radius 1 is 1.07 bits per heavy atom. The normalized spacial score (nSPS) is 14.2. The number of nitrogens with one attached hydrogen (secondary N) is 1. The van der Waals surface area contributed by atoms with Gasteiger partial charge in [-0.3, -0.25) is 4.79 Å². The largest absolute Gasteiger partial charge is 0.353 e. The average Bonchev–Trinajstić information content (AvgIpc) is 3.22. The number of aryl methyl sites for hydroxylation is 2. The minimum absolute atomic E-state index is 0.104. The van der Waals surface area contributed by atoms with Gasteiger partial charge < -0.3 is 15.1 Å². The first-order valence-electron chi connectivity index (χ1n) is 9.20. The van der Waals surface area contributed by atoms with Gasteiger partial charge in [0.25, 0.3) is 5.91 Å². The molecule has 4 heterocycles. The van der Waals surface area contributed by atoms with E-state index in [0.717, 1.165) is 41.7 Å². The zero-order valence-corrected chi connectivity index (χ0v) is 16.7. The molecule has 0 aliphatic carbocycles. The molecule has 4 rings (SSSR count). The Bertz CT molecular complexity index is 967. The van der Waals surface area contributed by atoms with Crippen molar-refractivity contribution in [3.63, 3.8) is 0 Å². The van der Waals surface area contributed by atoms with Crippen molar-refractivity contribution in [1.82, 2.24) is 19.9 Å². The Morgan fingerprint density at radius 2 is 1.89 bits per heavy atom. The molecule has 8 heteroatoms. The first kappa shape index (κ1) is 18.4. The highest BCUT2D eigenvalue weighted by atomic mass is 32.1. The molecule has 1 aliphatic rings. The number of piperazine rings is 1. The van der Waals surface area contributed by atoms with Gasteiger partial charge in [0, 0.05) is 43.8 Å². The molecule has 1 aliphatic heterocycles. The Kier molecular flexibility index (Phi) is 5.21. The summed E-state index contributed by atoms with van der Waals surface area (Å²) in [6.45, 7) is 6.76. The van der Waals surface area contributed by atoms with Crippen LogP contribution in [-0.2, 0) is 0 Å². The lowest BCUT2D eigenvalue weighted by Gasteiger charge is -2.35. The third kappa shape index (κ3) is 4.12. The van der Waals surface area contributed by atoms with Gasteiger partial charge in [-0.1, -0.05) is 0 Å². The van der Waals surface area contributed by atoms with Crippen LogP contribution in [0.25, 0.3) is 0 Å². The van der Waals surface area contributed by atoms with Crippen LogP contribution in [0.4, 0.5) is 17.5 Å². The maximum atomic E-state index is 12.5. The number of aromatic nitrogens is 3. The van der Waals surface area contributed by atoms with E-state index in [-0.39, 0.29) is 5.91 Å². The van der Waals surface area contributed by atoms with Crippen LogP contribution >= 0.6 is 11.3 Å². The number of pyridine rings is 1. The fraction of sp³-hybridized carbons (Fsp3) is 0.300. The second-order valence-electron chi connectivity index (χ2n) is 6.79. The van der Waals surface area contributed by atoms with Gasteiger partial charge >= 0.3 is 0 Å². The molecule has 28 heavy (non-hydrogen) atoms. The predicted octanol–water partition coefficient (Wildman–Crippen LogP) is 3.26. The van der Waals surface area contributed by atoms with Gasteiger partial charge in [-0.05, 0) is 43.0 Å². The van der Waals surface area contributed by atoms with E-state index in [4.69, 9.17) is 0 Å². The monoisotopic (exact) mass is 394 g/mol. The summed E-state index contributed by atoms with van der Waals surface area (Å²) in [5, 5.41) is 7.10. The van der Waals surface area contributed by atoms with E-state index >= 15 is 0 Å². The summed E-state index contributed by atoms with van der Waals surface area (Å²) in [5.74, 6) is 3.15. The third-order valence-electron chi connectivity index (χ3n) is 4.66. The van der Waals surface area contributed by atoms with Gasteiger partial charge in [-0.15, -0.1) is 0 Å². The van der Waals surface area contributed by atoms with Gasteiger partial charge in [-0.25, -0.2) is 15.0 Å². The van der Waals surface area contributed by atoms with Crippen molar-refractivity contribution in [3.8, 4) is 0 Å². The molecule has 144 valence electrons. The van der Waals surface area contributed by atoms with Crippen LogP contribution in [0.2, 0.25) is 0 Å². The highest BCUT2D eigenvalue weighted by Crippen LogP contribution is 2.21. The maximum Gasteiger partial charge on any atom is 0.254 e. The van der Waals surface area contributed by atoms with E-state index in [1.165, 1.54) is 0 Å². The molecular formula is C20H22N6OS. The molecule has 0 bridgehead atoms. The zero-order valence-electron chi connectivity index (χ0n) is 15.9. The van der Waals surface area contributed by atoms with Crippen LogP contribution < -0.4 is 10.2 Å². The number of nitrogens with zero attached hydrogens (tertiary/aromatic N) is 5. The summed E-state index contributed by atoms with van der Waals surface area (Å²) in [6, 6.07) is 7.75. The van der Waals surface area contributed by atoms with Gasteiger partial charge in [-0.2, -0.15) is 11.3 Å². The van der Waals surface area contributed by atoms with E-state index < -0.39 is 0 Å². The predicted molar refractivity (Wildman–Crippen MR) is 111 cm³/mol. The van der Waals surface area contributed by atoms with Crippen LogP contribution in [-0.4, -0.2) is 51.9 Å². The summed E-state index contributed by atoms with van der Waals surface area (Å²) in [5.41, 5.74) is 1.91. The topological polar surface area (TPSA) is 74.2 Å². The number of carbonyl (C=O) groups excluding carboxylic acids is 1. The molecule has 0 spiro atoms. The van der Waals surface area contributed by atoms with Crippen molar-refractivity contribution in [2.24, 2.45) is 0 Å². The summed E-state index contributed by atoms with van der Waals surface area (Å²) in [7, 11) is 0. The molecule has 0 saturated carbocycles. The van der Waals surface area contributed by atoms with E-state index in [1.807, 2.05) is 53.8 Å². The molecule has 0 atom stereocenters. The van der Waals surface area contributed by atoms with Crippen molar-refractivity contribution < 1.29 is 4.79 Å². The Hall–Kier alpha value is -3.00. The van der Waals surface area contributed by atoms with Crippen LogP contribution in [0.3, 0.4) is 0 Å². The summed E-state index contributed by atoms with van der Waals surface area (Å²) >= 11 is 1.55. The molecule has 0 aromatic carbocycles. The average molecular weight is 395 g/mol. The quantitative estimate of drug-likeness (QED) is 0.732. The second-order valence-corrected chi connectivity index (χ2v) is 7.57. The number of thiophene rings is 1. The van der Waals surface area contributed by atoms with Crippen molar-refractivity contribution in [1.29, 1.82) is 0 Å². The first-order valence-corrected chi connectivity index (χ1v) is 10.1. The summed E-state index contributed by atoms with van der Waals surface area (Å²) in [4.78, 5) is 30.0. The molecule has 1 N–H and O–H groups in total. The zero-order chi connectivity index (χ0) is 19.5. The highest BCUT2D eigenvalue weighted by Gasteiger charge is 2.23. The third-order valence-corrected chi connectivity index (χ3v) is 5.34. The van der Waals surface area contributed by atoms with Crippen molar-refractivity contribution in [2.75, 3.05) is 36.4 Å². The number of carbonyl (C=O) groups is 1. The van der Waals surface area contributed by atoms with Crippen molar-refractivity contribution in [3.05, 3.63) is 58.2 Å². The smallest absolute Gasteiger partial charge is 0.254 e. The molecule has 7 nitrogen and oxygen atoms in total. The summed E-state index contributed by atoms with van der Waals surface area (Å²) < 4.78 is 0. The molecule has 0 radical (unpaired) electrons. The Labute approximate surface area is 168 Å². The van der Waals surface area contributed by atoms with E-state index in [1.54, 1.807) is 17.5 Å². The first-order chi connectivity index (χ1) is 13.6.